The number of aromatic hydroxyl groups is 1. The van der Waals surface area contributed by atoms with Crippen LogP contribution >= 0.6 is 0 Å². The largest absolute Gasteiger partial charge is 0.507 e. The molecule has 1 aliphatic rings. The van der Waals surface area contributed by atoms with Gasteiger partial charge in [0, 0.05) is 38.3 Å². The van der Waals surface area contributed by atoms with Gasteiger partial charge in [-0.25, -0.2) is 0 Å². The summed E-state index contributed by atoms with van der Waals surface area (Å²) in [4.78, 5) is 13.1. The van der Waals surface area contributed by atoms with Crippen LogP contribution < -0.4 is 5.32 Å². The maximum Gasteiger partial charge on any atom is 0.277 e. The first-order valence-corrected chi connectivity index (χ1v) is 7.08. The van der Waals surface area contributed by atoms with Crippen LogP contribution in [-0.4, -0.2) is 41.1 Å². The van der Waals surface area contributed by atoms with E-state index in [-0.39, 0.29) is 17.5 Å². The van der Waals surface area contributed by atoms with Crippen LogP contribution in [0.15, 0.2) is 24.8 Å². The van der Waals surface area contributed by atoms with Crippen LogP contribution in [0.3, 0.4) is 0 Å². The molecule has 1 aliphatic heterocycles. The number of phenolic OH excluding ortho intramolecular Hbond substituents is 1. The number of hydrogen-bond donors (Lipinski definition) is 2. The maximum atomic E-state index is 11.3. The van der Waals surface area contributed by atoms with Gasteiger partial charge < -0.3 is 10.4 Å². The van der Waals surface area contributed by atoms with Crippen molar-refractivity contribution in [2.75, 3.05) is 26.2 Å². The molecular weight excluding hydrogens is 270 g/mol. The quantitative estimate of drug-likeness (QED) is 0.493. The lowest BCUT2D eigenvalue weighted by atomic mass is 9.96. The van der Waals surface area contributed by atoms with Crippen molar-refractivity contribution in [1.29, 1.82) is 0 Å². The number of hydrogen-bond acceptors (Lipinski definition) is 5. The van der Waals surface area contributed by atoms with Gasteiger partial charge in [0.05, 0.1) is 10.5 Å². The van der Waals surface area contributed by atoms with E-state index in [9.17, 15) is 15.2 Å². The summed E-state index contributed by atoms with van der Waals surface area (Å²) in [5.41, 5.74) is 1.03. The lowest BCUT2D eigenvalue weighted by Gasteiger charge is -2.34. The number of phenols is 1. The van der Waals surface area contributed by atoms with Crippen LogP contribution in [0.2, 0.25) is 0 Å². The molecule has 0 spiro atoms. The lowest BCUT2D eigenvalue weighted by molar-refractivity contribution is -0.386. The Balaban J connectivity index is 2.49. The van der Waals surface area contributed by atoms with E-state index in [0.29, 0.717) is 17.5 Å². The molecule has 1 aromatic rings. The summed E-state index contributed by atoms with van der Waals surface area (Å²) in [7, 11) is 0. The van der Waals surface area contributed by atoms with Gasteiger partial charge in [0.25, 0.3) is 5.69 Å². The molecule has 2 rings (SSSR count). The number of rotatable bonds is 5. The van der Waals surface area contributed by atoms with Crippen LogP contribution in [0, 0.1) is 17.0 Å². The Labute approximate surface area is 124 Å². The van der Waals surface area contributed by atoms with Crippen LogP contribution in [-0.2, 0) is 0 Å². The Morgan fingerprint density at radius 3 is 2.76 bits per heavy atom. The highest BCUT2D eigenvalue weighted by Crippen LogP contribution is 2.40. The molecule has 0 bridgehead atoms. The van der Waals surface area contributed by atoms with Crippen molar-refractivity contribution in [3.05, 3.63) is 46.0 Å². The van der Waals surface area contributed by atoms with E-state index in [2.05, 4.69) is 16.8 Å². The molecule has 6 nitrogen and oxygen atoms in total. The van der Waals surface area contributed by atoms with Gasteiger partial charge in [-0.2, -0.15) is 0 Å². The van der Waals surface area contributed by atoms with Crippen molar-refractivity contribution in [3.63, 3.8) is 0 Å². The lowest BCUT2D eigenvalue weighted by Crippen LogP contribution is -2.45. The van der Waals surface area contributed by atoms with Crippen molar-refractivity contribution in [3.8, 4) is 5.75 Å². The summed E-state index contributed by atoms with van der Waals surface area (Å²) >= 11 is 0. The average Bonchev–Trinajstić information content (AvgIpc) is 2.48. The van der Waals surface area contributed by atoms with Gasteiger partial charge in [-0.1, -0.05) is 6.08 Å². The summed E-state index contributed by atoms with van der Waals surface area (Å²) in [6.07, 6.45) is 2.32. The molecule has 0 amide bonds. The Morgan fingerprint density at radius 1 is 1.52 bits per heavy atom. The number of piperazine rings is 1. The van der Waals surface area contributed by atoms with Crippen molar-refractivity contribution < 1.29 is 10.0 Å². The van der Waals surface area contributed by atoms with E-state index < -0.39 is 4.92 Å². The minimum Gasteiger partial charge on any atom is -0.507 e. The van der Waals surface area contributed by atoms with E-state index in [1.54, 1.807) is 19.1 Å². The van der Waals surface area contributed by atoms with E-state index >= 15 is 0 Å². The van der Waals surface area contributed by atoms with Gasteiger partial charge in [0.2, 0.25) is 0 Å². The highest BCUT2D eigenvalue weighted by Gasteiger charge is 2.31. The molecule has 0 unspecified atom stereocenters. The normalized spacial score (nSPS) is 17.4. The summed E-state index contributed by atoms with van der Waals surface area (Å²) in [6.45, 7) is 8.78. The zero-order valence-electron chi connectivity index (χ0n) is 12.2. The Bertz CT molecular complexity index is 539. The van der Waals surface area contributed by atoms with Crippen molar-refractivity contribution >= 4 is 5.69 Å². The molecule has 0 radical (unpaired) electrons. The molecule has 114 valence electrons. The highest BCUT2D eigenvalue weighted by molar-refractivity contribution is 5.54. The number of nitro groups is 1. The summed E-state index contributed by atoms with van der Waals surface area (Å²) in [5, 5.41) is 25.0. The van der Waals surface area contributed by atoms with Crippen LogP contribution in [0.4, 0.5) is 5.69 Å². The molecule has 1 fully saturated rings. The third-order valence-electron chi connectivity index (χ3n) is 3.91. The van der Waals surface area contributed by atoms with Crippen LogP contribution in [0.1, 0.15) is 23.6 Å². The fourth-order valence-electron chi connectivity index (χ4n) is 2.80. The van der Waals surface area contributed by atoms with Crippen LogP contribution in [0.5, 0.6) is 5.75 Å². The molecule has 1 heterocycles. The molecular formula is C15H21N3O3. The minimum absolute atomic E-state index is 0.0228. The number of nitro benzene ring substituents is 1. The molecule has 0 aliphatic carbocycles. The fraction of sp³-hybridized carbons (Fsp3) is 0.467. The molecule has 21 heavy (non-hydrogen) atoms. The Morgan fingerprint density at radius 2 is 2.19 bits per heavy atom. The highest BCUT2D eigenvalue weighted by atomic mass is 16.6. The third kappa shape index (κ3) is 3.22. The van der Waals surface area contributed by atoms with E-state index in [1.165, 1.54) is 6.07 Å². The summed E-state index contributed by atoms with van der Waals surface area (Å²) in [5.74, 6) is 0.0228. The minimum atomic E-state index is -0.424. The second kappa shape index (κ2) is 6.69. The molecule has 2 N–H and O–H groups in total. The molecule has 1 saturated heterocycles. The first kappa shape index (κ1) is 15.5. The van der Waals surface area contributed by atoms with Crippen molar-refractivity contribution in [2.45, 2.75) is 19.4 Å². The smallest absolute Gasteiger partial charge is 0.277 e. The number of nitrogens with one attached hydrogen (secondary N) is 1. The molecule has 0 aromatic heterocycles. The number of benzene rings is 1. The van der Waals surface area contributed by atoms with Gasteiger partial charge in [0.1, 0.15) is 5.75 Å². The summed E-state index contributed by atoms with van der Waals surface area (Å²) in [6, 6.07) is 2.84. The zero-order chi connectivity index (χ0) is 15.4. The standard InChI is InChI=1S/C15H21N3O3/c1-3-4-12(17-9-7-16-8-10-17)14-13(18(20)21)6-5-11(2)15(14)19/h3,5-6,12,16,19H,1,4,7-10H2,2H3/t12-/m1/s1. The summed E-state index contributed by atoms with van der Waals surface area (Å²) < 4.78 is 0. The number of nitrogens with zero attached hydrogens (tertiary/aromatic N) is 2. The van der Waals surface area contributed by atoms with E-state index in [0.717, 1.165) is 26.2 Å². The molecule has 0 saturated carbocycles. The van der Waals surface area contributed by atoms with Crippen LogP contribution in [0.25, 0.3) is 0 Å². The average molecular weight is 291 g/mol. The van der Waals surface area contributed by atoms with Crippen molar-refractivity contribution in [1.82, 2.24) is 10.2 Å². The van der Waals surface area contributed by atoms with Gasteiger partial charge in [-0.3, -0.25) is 15.0 Å². The van der Waals surface area contributed by atoms with Crippen molar-refractivity contribution in [2.24, 2.45) is 0 Å². The maximum absolute atomic E-state index is 11.3. The third-order valence-corrected chi connectivity index (χ3v) is 3.91. The van der Waals surface area contributed by atoms with Gasteiger partial charge in [-0.05, 0) is 25.0 Å². The SMILES string of the molecule is C=CC[C@H](c1c([N+](=O)[O-])ccc(C)c1O)N1CCNCC1. The van der Waals surface area contributed by atoms with E-state index in [1.807, 2.05) is 0 Å². The zero-order valence-corrected chi connectivity index (χ0v) is 12.2. The molecule has 6 heteroatoms. The monoisotopic (exact) mass is 291 g/mol. The Kier molecular flexibility index (Phi) is 4.93. The topological polar surface area (TPSA) is 78.6 Å². The first-order valence-electron chi connectivity index (χ1n) is 7.08. The van der Waals surface area contributed by atoms with Gasteiger partial charge in [-0.15, -0.1) is 6.58 Å². The van der Waals surface area contributed by atoms with Gasteiger partial charge in [0.15, 0.2) is 0 Å². The molecule has 1 atom stereocenters. The predicted octanol–water partition coefficient (Wildman–Crippen LogP) is 2.13. The predicted molar refractivity (Wildman–Crippen MR) is 81.5 cm³/mol. The number of aryl methyl sites for hydroxylation is 1. The van der Waals surface area contributed by atoms with E-state index in [4.69, 9.17) is 0 Å². The van der Waals surface area contributed by atoms with Gasteiger partial charge >= 0.3 is 0 Å². The second-order valence-electron chi connectivity index (χ2n) is 5.25. The second-order valence-corrected chi connectivity index (χ2v) is 5.25. The Hall–Kier alpha value is -1.92. The first-order chi connectivity index (χ1) is 10.1. The fourth-order valence-corrected chi connectivity index (χ4v) is 2.80. The molecule has 1 aromatic carbocycles.